The lowest BCUT2D eigenvalue weighted by atomic mass is 9.55. The fourth-order valence-corrected chi connectivity index (χ4v) is 10.9. The molecular weight excluding hydrogens is 957 g/mol. The van der Waals surface area contributed by atoms with Gasteiger partial charge in [0.15, 0.2) is 0 Å². The van der Waals surface area contributed by atoms with Crippen LogP contribution in [0.25, 0.3) is 6.08 Å². The van der Waals surface area contributed by atoms with Gasteiger partial charge in [0.1, 0.15) is 24.1 Å². The van der Waals surface area contributed by atoms with Crippen LogP contribution < -0.4 is 9.47 Å². The van der Waals surface area contributed by atoms with Gasteiger partial charge in [-0.25, -0.2) is 0 Å². The molecule has 1 fully saturated rings. The Morgan fingerprint density at radius 2 is 1.59 bits per heavy atom. The minimum Gasteiger partial charge on any atom is -0.493 e. The molecule has 6 atom stereocenters. The first-order valence-electron chi connectivity index (χ1n) is 24.8. The van der Waals surface area contributed by atoms with Gasteiger partial charge in [0.05, 0.1) is 54.5 Å². The number of nitro benzene ring substituents is 2. The number of aliphatic hydroxyl groups excluding tert-OH is 3. The van der Waals surface area contributed by atoms with E-state index in [4.69, 9.17) is 28.9 Å². The Morgan fingerprint density at radius 3 is 2.27 bits per heavy atom. The lowest BCUT2D eigenvalue weighted by Gasteiger charge is -2.60. The van der Waals surface area contributed by atoms with E-state index >= 15 is 4.79 Å². The van der Waals surface area contributed by atoms with Crippen molar-refractivity contribution in [1.82, 2.24) is 4.90 Å². The number of fused-ring (bicyclic) bond motifs is 2. The second-order valence-electron chi connectivity index (χ2n) is 18.0. The maximum absolute atomic E-state index is 15.0. The molecule has 0 aromatic heterocycles. The Morgan fingerprint density at radius 1 is 0.877 bits per heavy atom. The Bertz CT molecular complexity index is 2560. The van der Waals surface area contributed by atoms with Gasteiger partial charge in [0.2, 0.25) is 11.7 Å². The lowest BCUT2D eigenvalue weighted by molar-refractivity contribution is -0.385. The molecule has 17 nitrogen and oxygen atoms in total. The van der Waals surface area contributed by atoms with Gasteiger partial charge >= 0.3 is 0 Å². The second-order valence-corrected chi connectivity index (χ2v) is 19.2. The third-order valence-corrected chi connectivity index (χ3v) is 14.4. The summed E-state index contributed by atoms with van der Waals surface area (Å²) < 4.78 is 26.8. The first-order valence-corrected chi connectivity index (χ1v) is 25.7. The van der Waals surface area contributed by atoms with Gasteiger partial charge < -0.3 is 44.0 Å². The van der Waals surface area contributed by atoms with Crippen molar-refractivity contribution in [3.63, 3.8) is 0 Å². The van der Waals surface area contributed by atoms with Crippen LogP contribution >= 0.6 is 11.8 Å². The summed E-state index contributed by atoms with van der Waals surface area (Å²) in [6.45, 7) is 4.37. The summed E-state index contributed by atoms with van der Waals surface area (Å²) >= 11 is 1.70. The van der Waals surface area contributed by atoms with Crippen LogP contribution in [0.5, 0.6) is 11.5 Å². The predicted molar refractivity (Wildman–Crippen MR) is 277 cm³/mol. The molecule has 0 unspecified atom stereocenters. The molecular formula is C55H64N4O13S. The number of nitrogens with zero attached hydrogens (tertiary/aromatic N) is 4. The SMILES string of the molecule is C=CCO[C@@]12Oc3ccc(OCCSc4ccccc4)cc3[C@H]3[C@H](CCCCO)[C@@H](CCCCO)C=C(C(=NOCc4ccc([N+](=O)[O-])cc4)C[C@@H]1N(CCOCCO)C(=O)C=Cc1ccc([N+](=O)[O-])cc1)[C@H]32. The number of benzene rings is 4. The van der Waals surface area contributed by atoms with E-state index in [1.807, 2.05) is 36.4 Å². The van der Waals surface area contributed by atoms with Crippen LogP contribution in [0.2, 0.25) is 0 Å². The summed E-state index contributed by atoms with van der Waals surface area (Å²) in [5.41, 5.74) is 3.27. The van der Waals surface area contributed by atoms with Crippen molar-refractivity contribution in [2.45, 2.75) is 74.2 Å². The molecule has 0 spiro atoms. The van der Waals surface area contributed by atoms with Crippen LogP contribution in [-0.2, 0) is 25.7 Å². The van der Waals surface area contributed by atoms with E-state index in [2.05, 4.69) is 24.8 Å². The van der Waals surface area contributed by atoms with Gasteiger partial charge in [-0.15, -0.1) is 18.3 Å². The lowest BCUT2D eigenvalue weighted by Crippen LogP contribution is -2.70. The topological polar surface area (TPSA) is 226 Å². The van der Waals surface area contributed by atoms with Crippen LogP contribution in [0, 0.1) is 38.0 Å². The third kappa shape index (κ3) is 13.8. The molecule has 0 saturated heterocycles. The minimum absolute atomic E-state index is 0.0203. The van der Waals surface area contributed by atoms with E-state index in [0.717, 1.165) is 35.3 Å². The minimum atomic E-state index is -1.59. The number of carbonyl (C=O) groups excluding carboxylic acids is 1. The molecule has 7 rings (SSSR count). The summed E-state index contributed by atoms with van der Waals surface area (Å²) in [6.07, 6.45) is 11.0. The highest BCUT2D eigenvalue weighted by atomic mass is 32.2. The molecule has 4 aromatic carbocycles. The number of rotatable bonds is 29. The maximum Gasteiger partial charge on any atom is 0.269 e. The predicted octanol–water partition coefficient (Wildman–Crippen LogP) is 9.06. The summed E-state index contributed by atoms with van der Waals surface area (Å²) in [5, 5.41) is 57.5. The number of hydrogen-bond acceptors (Lipinski definition) is 15. The Labute approximate surface area is 429 Å². The molecule has 4 aromatic rings. The summed E-state index contributed by atoms with van der Waals surface area (Å²) in [4.78, 5) is 45.9. The zero-order chi connectivity index (χ0) is 51.6. The van der Waals surface area contributed by atoms with Gasteiger partial charge in [-0.3, -0.25) is 25.0 Å². The third-order valence-electron chi connectivity index (χ3n) is 13.5. The molecule has 1 amide bonds. The van der Waals surface area contributed by atoms with Gasteiger partial charge in [0.25, 0.3) is 11.4 Å². The van der Waals surface area contributed by atoms with E-state index in [0.29, 0.717) is 60.0 Å². The van der Waals surface area contributed by atoms with Crippen molar-refractivity contribution >= 4 is 40.8 Å². The smallest absolute Gasteiger partial charge is 0.269 e. The molecule has 73 heavy (non-hydrogen) atoms. The fourth-order valence-electron chi connectivity index (χ4n) is 10.2. The van der Waals surface area contributed by atoms with Crippen molar-refractivity contribution in [3.8, 4) is 11.5 Å². The standard InChI is InChI=1S/C55H64N4O13S/c1-2-30-70-55-51(57(26-31-68-32-29-62)52(63)25-18-39-14-19-42(20-15-39)58(64)65)37-49(56-71-38-40-16-21-43(22-17-40)59(66)67)47-35-41(10-6-8-27-60)46(13-7-9-28-61)53(54(47)55)48-36-44(23-24-50(48)72-55)69-33-34-73-45-11-4-3-5-12-45/h2-5,11-12,14-25,35-36,41,46,51,53-54,60-62H,1,6-10,13,26-34,37-38H2/t41-,46+,51-,53+,54+,55+/m0/s1. The number of non-ortho nitro benzene ring substituents is 2. The van der Waals surface area contributed by atoms with Gasteiger partial charge in [-0.2, -0.15) is 0 Å². The average molecular weight is 1020 g/mol. The Kier molecular flexibility index (Phi) is 20.1. The summed E-state index contributed by atoms with van der Waals surface area (Å²) in [6, 6.07) is 26.9. The van der Waals surface area contributed by atoms with Crippen LogP contribution in [0.1, 0.15) is 67.6 Å². The monoisotopic (exact) mass is 1020 g/mol. The van der Waals surface area contributed by atoms with E-state index in [-0.39, 0.29) is 88.3 Å². The molecule has 1 aliphatic heterocycles. The Hall–Kier alpha value is -6.41. The van der Waals surface area contributed by atoms with E-state index in [9.17, 15) is 35.5 Å². The number of aliphatic hydroxyl groups is 3. The van der Waals surface area contributed by atoms with Crippen molar-refractivity contribution in [2.75, 3.05) is 58.5 Å². The molecule has 2 aliphatic carbocycles. The molecule has 0 radical (unpaired) electrons. The average Bonchev–Trinajstić information content (AvgIpc) is 3.40. The van der Waals surface area contributed by atoms with Crippen molar-refractivity contribution < 1.29 is 53.7 Å². The summed E-state index contributed by atoms with van der Waals surface area (Å²) in [7, 11) is 0. The van der Waals surface area contributed by atoms with Gasteiger partial charge in [-0.05, 0) is 115 Å². The quantitative estimate of drug-likeness (QED) is 0.0115. The van der Waals surface area contributed by atoms with Crippen LogP contribution in [0.15, 0.2) is 137 Å². The molecule has 1 saturated carbocycles. The molecule has 388 valence electrons. The van der Waals surface area contributed by atoms with Gasteiger partial charge in [0, 0.05) is 78.7 Å². The highest BCUT2D eigenvalue weighted by molar-refractivity contribution is 7.99. The van der Waals surface area contributed by atoms with Crippen molar-refractivity contribution in [1.29, 1.82) is 0 Å². The largest absolute Gasteiger partial charge is 0.493 e. The number of hydrogen-bond donors (Lipinski definition) is 3. The van der Waals surface area contributed by atoms with Crippen LogP contribution in [0.3, 0.4) is 0 Å². The first kappa shape index (κ1) is 54.4. The van der Waals surface area contributed by atoms with E-state index in [1.165, 1.54) is 30.3 Å². The summed E-state index contributed by atoms with van der Waals surface area (Å²) in [5.74, 6) is -1.21. The number of unbranched alkanes of at least 4 members (excludes halogenated alkanes) is 2. The number of amides is 1. The van der Waals surface area contributed by atoms with Crippen LogP contribution in [0.4, 0.5) is 11.4 Å². The maximum atomic E-state index is 15.0. The molecule has 3 aliphatic rings. The molecule has 18 heteroatoms. The normalized spacial score (nSPS) is 21.4. The number of ether oxygens (including phenoxy) is 4. The van der Waals surface area contributed by atoms with Crippen molar-refractivity contribution in [3.05, 3.63) is 164 Å². The highest BCUT2D eigenvalue weighted by Crippen LogP contribution is 2.62. The van der Waals surface area contributed by atoms with Crippen molar-refractivity contribution in [2.24, 2.45) is 22.9 Å². The number of oxime groups is 1. The van der Waals surface area contributed by atoms with Crippen LogP contribution in [-0.4, -0.2) is 112 Å². The number of carbonyl (C=O) groups is 1. The highest BCUT2D eigenvalue weighted by Gasteiger charge is 2.65. The first-order chi connectivity index (χ1) is 35.6. The van der Waals surface area contributed by atoms with Gasteiger partial charge in [-0.1, -0.05) is 48.3 Å². The Balaban J connectivity index is 1.38. The fraction of sp³-hybridized carbons (Fsp3) is 0.418. The van der Waals surface area contributed by atoms with E-state index in [1.54, 1.807) is 53.1 Å². The van der Waals surface area contributed by atoms with E-state index < -0.39 is 33.5 Å². The number of allylic oxidation sites excluding steroid dienone is 1. The molecule has 0 bridgehead atoms. The second kappa shape index (κ2) is 27.0. The molecule has 3 N–H and O–H groups in total. The zero-order valence-electron chi connectivity index (χ0n) is 40.8. The molecule has 1 heterocycles. The zero-order valence-corrected chi connectivity index (χ0v) is 41.6. The number of thioether (sulfide) groups is 1. The number of nitro groups is 2.